The maximum atomic E-state index is 10.5. The Hall–Kier alpha value is -5.52. The van der Waals surface area contributed by atoms with Crippen LogP contribution in [0, 0.1) is 47.9 Å². The molecule has 0 atom stereocenters. The molecule has 4 aromatic rings. The van der Waals surface area contributed by atoms with Crippen molar-refractivity contribution >= 4 is 35.3 Å². The number of nitro groups is 2. The monoisotopic (exact) mass is 858 g/mol. The van der Waals surface area contributed by atoms with Gasteiger partial charge in [-0.1, -0.05) is 0 Å². The summed E-state index contributed by atoms with van der Waals surface area (Å²) >= 11 is 0. The summed E-state index contributed by atoms with van der Waals surface area (Å²) in [6, 6.07) is 4.93. The second kappa shape index (κ2) is 19.9. The number of hydrogen-bond donors (Lipinski definition) is 4. The molecule has 264 valence electrons. The number of aromatic carboxylic acids is 4. The molecule has 24 heteroatoms. The standard InChI is InChI=1S/2C8H5NO6.2C4H8N4.2Ag/c2*10-7(11)4-1-2-5(8(12)13)6(3-4)9(14)15;2*1-3-6-7-4(2)8(3)5;;/h2*1-3H,(H,10,11)(H,12,13);2*5H2,1-2H3;;/q;;;;2*+1/p-2. The Morgan fingerprint density at radius 3 is 1.02 bits per heavy atom. The number of rotatable bonds is 6. The van der Waals surface area contributed by atoms with Crippen LogP contribution in [0.3, 0.4) is 0 Å². The van der Waals surface area contributed by atoms with Crippen LogP contribution in [0.15, 0.2) is 36.4 Å². The maximum absolute atomic E-state index is 10.5. The first kappa shape index (κ1) is 44.6. The molecule has 0 fully saturated rings. The molecule has 0 saturated heterocycles. The minimum Gasteiger partial charge on any atom is -0.545 e. The number of nitro benzene ring substituents is 2. The third kappa shape index (κ3) is 12.7. The number of carbonyl (C=O) groups excluding carboxylic acids is 2. The Labute approximate surface area is 299 Å². The van der Waals surface area contributed by atoms with Crippen molar-refractivity contribution in [3.8, 4) is 0 Å². The van der Waals surface area contributed by atoms with Crippen molar-refractivity contribution in [2.75, 3.05) is 11.7 Å². The first-order chi connectivity index (χ1) is 21.3. The fourth-order valence-electron chi connectivity index (χ4n) is 2.93. The van der Waals surface area contributed by atoms with Crippen molar-refractivity contribution in [3.05, 3.63) is 102 Å². The van der Waals surface area contributed by atoms with E-state index in [9.17, 15) is 49.6 Å². The number of nitrogens with zero attached hydrogens (tertiary/aromatic N) is 8. The maximum Gasteiger partial charge on any atom is 1.00 e. The van der Waals surface area contributed by atoms with Gasteiger partial charge in [0.1, 0.15) is 23.3 Å². The van der Waals surface area contributed by atoms with Crippen LogP contribution in [0.25, 0.3) is 0 Å². The Bertz CT molecular complexity index is 1640. The van der Waals surface area contributed by atoms with E-state index < -0.39 is 56.2 Å². The molecule has 2 aromatic carbocycles. The second-order valence-corrected chi connectivity index (χ2v) is 8.49. The van der Waals surface area contributed by atoms with Crippen LogP contribution < -0.4 is 21.9 Å². The van der Waals surface area contributed by atoms with Crippen LogP contribution in [0.2, 0.25) is 0 Å². The Morgan fingerprint density at radius 1 is 0.625 bits per heavy atom. The van der Waals surface area contributed by atoms with Crippen molar-refractivity contribution in [1.82, 2.24) is 29.7 Å². The molecule has 0 aliphatic heterocycles. The van der Waals surface area contributed by atoms with Gasteiger partial charge in [-0.2, -0.15) is 0 Å². The van der Waals surface area contributed by atoms with Crippen LogP contribution in [0.4, 0.5) is 11.4 Å². The molecular weight excluding hydrogens is 836 g/mol. The van der Waals surface area contributed by atoms with E-state index in [1.165, 1.54) is 9.35 Å². The molecule has 0 unspecified atom stereocenters. The van der Waals surface area contributed by atoms with E-state index in [-0.39, 0.29) is 55.9 Å². The molecule has 0 bridgehead atoms. The zero-order chi connectivity index (χ0) is 35.5. The van der Waals surface area contributed by atoms with E-state index in [0.29, 0.717) is 12.1 Å². The van der Waals surface area contributed by atoms with Gasteiger partial charge in [0.15, 0.2) is 0 Å². The molecule has 22 nitrogen and oxygen atoms in total. The van der Waals surface area contributed by atoms with Gasteiger partial charge in [-0.15, -0.1) is 20.4 Å². The number of hydrogen-bond acceptors (Lipinski definition) is 16. The zero-order valence-corrected chi connectivity index (χ0v) is 27.7. The van der Waals surface area contributed by atoms with E-state index in [4.69, 9.17) is 21.9 Å². The number of aromatic nitrogens is 6. The van der Waals surface area contributed by atoms with Crippen molar-refractivity contribution in [2.24, 2.45) is 0 Å². The van der Waals surface area contributed by atoms with Gasteiger partial charge in [-0.25, -0.2) is 18.9 Å². The van der Waals surface area contributed by atoms with E-state index in [2.05, 4.69) is 20.4 Å². The van der Waals surface area contributed by atoms with Gasteiger partial charge in [0.05, 0.1) is 44.0 Å². The number of carbonyl (C=O) groups is 4. The van der Waals surface area contributed by atoms with Crippen LogP contribution in [0.5, 0.6) is 0 Å². The molecule has 0 aliphatic rings. The summed E-state index contributed by atoms with van der Waals surface area (Å²) in [5.41, 5.74) is -3.60. The first-order valence-corrected chi connectivity index (χ1v) is 12.0. The van der Waals surface area contributed by atoms with Crippen LogP contribution in [0.1, 0.15) is 64.7 Å². The Morgan fingerprint density at radius 2 is 0.875 bits per heavy atom. The summed E-state index contributed by atoms with van der Waals surface area (Å²) in [6.07, 6.45) is 0. The van der Waals surface area contributed by atoms with Gasteiger partial charge in [-0.3, -0.25) is 20.2 Å². The van der Waals surface area contributed by atoms with Crippen molar-refractivity contribution in [2.45, 2.75) is 27.7 Å². The van der Waals surface area contributed by atoms with Gasteiger partial charge in [-0.05, 0) is 52.0 Å². The number of benzene rings is 2. The minimum atomic E-state index is -1.72. The topological polar surface area (TPSA) is 355 Å². The second-order valence-electron chi connectivity index (χ2n) is 8.49. The van der Waals surface area contributed by atoms with Gasteiger partial charge in [0.25, 0.3) is 11.4 Å². The number of nitrogen functional groups attached to an aromatic ring is 2. The molecule has 0 spiro atoms. The van der Waals surface area contributed by atoms with Gasteiger partial charge in [0.2, 0.25) is 0 Å². The van der Waals surface area contributed by atoms with E-state index in [1.54, 1.807) is 27.7 Å². The molecule has 48 heavy (non-hydrogen) atoms. The predicted molar refractivity (Wildman–Crippen MR) is 148 cm³/mol. The number of carboxylic acid groups (broad SMARTS) is 4. The van der Waals surface area contributed by atoms with E-state index >= 15 is 0 Å². The summed E-state index contributed by atoms with van der Waals surface area (Å²) in [5.74, 6) is 7.55. The summed E-state index contributed by atoms with van der Waals surface area (Å²) in [6.45, 7) is 7.22. The third-order valence-electron chi connectivity index (χ3n) is 5.40. The molecule has 0 aliphatic carbocycles. The summed E-state index contributed by atoms with van der Waals surface area (Å²) in [4.78, 5) is 60.7. The Kier molecular flexibility index (Phi) is 18.5. The van der Waals surface area contributed by atoms with Crippen molar-refractivity contribution in [3.63, 3.8) is 0 Å². The minimum absolute atomic E-state index is 0. The average molecular weight is 860 g/mol. The molecule has 4 rings (SSSR count). The molecule has 2 heterocycles. The normalized spacial score (nSPS) is 9.25. The quantitative estimate of drug-likeness (QED) is 0.0744. The van der Waals surface area contributed by atoms with Gasteiger partial charge >= 0.3 is 56.7 Å². The number of nitrogens with two attached hydrogens (primary N) is 2. The Balaban J connectivity index is 0. The van der Waals surface area contributed by atoms with Crippen molar-refractivity contribution < 1.29 is 94.2 Å². The van der Waals surface area contributed by atoms with Crippen molar-refractivity contribution in [1.29, 1.82) is 0 Å². The molecule has 0 amide bonds. The average Bonchev–Trinajstić information content (AvgIpc) is 3.46. The SMILES string of the molecule is Cc1nnc(C)n1N.Cc1nnc(C)n1N.O=C(O)c1ccc(C(=O)[O-])c([N+](=O)[O-])c1.O=C(O)c1ccc(C(=O)[O-])c([N+](=O)[O-])c1.[Ag+].[Ag+]. The number of aryl methyl sites for hydroxylation is 4. The summed E-state index contributed by atoms with van der Waals surface area (Å²) in [7, 11) is 0. The summed E-state index contributed by atoms with van der Waals surface area (Å²) in [5, 5.41) is 73.6. The molecule has 6 N–H and O–H groups in total. The predicted octanol–water partition coefficient (Wildman–Crippen LogP) is -1.47. The number of carboxylic acids is 4. The molecule has 2 aromatic heterocycles. The van der Waals surface area contributed by atoms with Gasteiger partial charge in [0, 0.05) is 12.1 Å². The first-order valence-electron chi connectivity index (χ1n) is 12.0. The van der Waals surface area contributed by atoms with Crippen LogP contribution in [-0.4, -0.2) is 73.7 Å². The zero-order valence-electron chi connectivity index (χ0n) is 24.8. The molecule has 0 radical (unpaired) electrons. The largest absolute Gasteiger partial charge is 1.00 e. The van der Waals surface area contributed by atoms with E-state index in [1.807, 2.05) is 0 Å². The van der Waals surface area contributed by atoms with Gasteiger partial charge < -0.3 is 41.7 Å². The fourth-order valence-corrected chi connectivity index (χ4v) is 2.93. The smallest absolute Gasteiger partial charge is 0.545 e. The van der Waals surface area contributed by atoms with E-state index in [0.717, 1.165) is 47.6 Å². The third-order valence-corrected chi connectivity index (χ3v) is 5.40. The molecular formula is C24H24Ag2N10O12. The van der Waals surface area contributed by atoms with Crippen LogP contribution in [-0.2, 0) is 44.8 Å². The fraction of sp³-hybridized carbons (Fsp3) is 0.167. The molecule has 0 saturated carbocycles. The summed E-state index contributed by atoms with van der Waals surface area (Å²) < 4.78 is 2.89. The van der Waals surface area contributed by atoms with Crippen LogP contribution >= 0.6 is 0 Å².